The van der Waals surface area contributed by atoms with Gasteiger partial charge in [-0.15, -0.1) is 0 Å². The van der Waals surface area contributed by atoms with Gasteiger partial charge >= 0.3 is 0 Å². The minimum atomic E-state index is -0.386. The van der Waals surface area contributed by atoms with Crippen molar-refractivity contribution in [1.29, 1.82) is 0 Å². The van der Waals surface area contributed by atoms with Crippen molar-refractivity contribution in [3.05, 3.63) is 63.8 Å². The number of likely N-dealkylation sites (N-methyl/N-ethyl adjacent to an activating group) is 1. The molecule has 1 heterocycles. The molecule has 0 aliphatic heterocycles. The third-order valence-corrected chi connectivity index (χ3v) is 3.34. The number of carbonyl (C=O) groups excluding carboxylic acids is 1. The highest BCUT2D eigenvalue weighted by Crippen LogP contribution is 2.19. The summed E-state index contributed by atoms with van der Waals surface area (Å²) < 4.78 is 0. The van der Waals surface area contributed by atoms with Gasteiger partial charge in [-0.05, 0) is 26.6 Å². The van der Waals surface area contributed by atoms with Crippen LogP contribution in [0.25, 0.3) is 0 Å². The summed E-state index contributed by atoms with van der Waals surface area (Å²) in [7, 11) is 3.71. The molecule has 0 bridgehead atoms. The lowest BCUT2D eigenvalue weighted by atomic mass is 10.0. The molecule has 0 spiro atoms. The fourth-order valence-electron chi connectivity index (χ4n) is 2.21. The van der Waals surface area contributed by atoms with Gasteiger partial charge < -0.3 is 10.3 Å². The summed E-state index contributed by atoms with van der Waals surface area (Å²) in [4.78, 5) is 32.0. The number of aryl methyl sites for hydroxylation is 1. The van der Waals surface area contributed by atoms with E-state index in [-0.39, 0.29) is 24.1 Å². The topological polar surface area (TPSA) is 78.1 Å². The van der Waals surface area contributed by atoms with Crippen molar-refractivity contribution in [3.8, 4) is 0 Å². The summed E-state index contributed by atoms with van der Waals surface area (Å²) in [6.07, 6.45) is 1.33. The maximum atomic E-state index is 12.5. The molecule has 1 aromatic carbocycles. The van der Waals surface area contributed by atoms with Crippen LogP contribution in [0.4, 0.5) is 0 Å². The molecule has 2 aromatic rings. The highest BCUT2D eigenvalue weighted by molar-refractivity contribution is 5.83. The molecule has 6 nitrogen and oxygen atoms in total. The Kier molecular flexibility index (Phi) is 5.06. The van der Waals surface area contributed by atoms with Crippen LogP contribution in [0.15, 0.2) is 41.5 Å². The van der Waals surface area contributed by atoms with Crippen molar-refractivity contribution < 1.29 is 4.79 Å². The zero-order valence-corrected chi connectivity index (χ0v) is 13.0. The molecule has 0 saturated heterocycles. The van der Waals surface area contributed by atoms with Crippen LogP contribution in [0.3, 0.4) is 0 Å². The first-order valence-electron chi connectivity index (χ1n) is 7.01. The van der Waals surface area contributed by atoms with E-state index >= 15 is 0 Å². The molecular formula is C16H20N4O2. The normalized spacial score (nSPS) is 12.2. The van der Waals surface area contributed by atoms with Gasteiger partial charge in [-0.1, -0.05) is 29.8 Å². The average Bonchev–Trinajstić information content (AvgIpc) is 2.47. The zero-order chi connectivity index (χ0) is 16.1. The molecule has 116 valence electrons. The molecule has 22 heavy (non-hydrogen) atoms. The van der Waals surface area contributed by atoms with Crippen LogP contribution >= 0.6 is 0 Å². The van der Waals surface area contributed by atoms with Crippen LogP contribution in [0.1, 0.15) is 22.9 Å². The second-order valence-corrected chi connectivity index (χ2v) is 5.40. The fourth-order valence-corrected chi connectivity index (χ4v) is 2.21. The lowest BCUT2D eigenvalue weighted by Crippen LogP contribution is -2.37. The van der Waals surface area contributed by atoms with Gasteiger partial charge in [-0.25, -0.2) is 4.98 Å². The van der Waals surface area contributed by atoms with E-state index < -0.39 is 0 Å². The van der Waals surface area contributed by atoms with E-state index in [9.17, 15) is 9.59 Å². The lowest BCUT2D eigenvalue weighted by Gasteiger charge is -2.24. The number of aromatic nitrogens is 2. The molecule has 2 N–H and O–H groups in total. The van der Waals surface area contributed by atoms with Gasteiger partial charge in [-0.3, -0.25) is 14.5 Å². The number of nitrogens with zero attached hydrogens (tertiary/aromatic N) is 2. The Morgan fingerprint density at radius 2 is 2.00 bits per heavy atom. The average molecular weight is 300 g/mol. The van der Waals surface area contributed by atoms with Gasteiger partial charge in [0.1, 0.15) is 6.04 Å². The molecule has 0 aliphatic carbocycles. The zero-order valence-electron chi connectivity index (χ0n) is 13.0. The van der Waals surface area contributed by atoms with E-state index in [1.165, 1.54) is 12.4 Å². The number of hydrogen-bond donors (Lipinski definition) is 2. The maximum absolute atomic E-state index is 12.5. The Balaban J connectivity index is 2.10. The Morgan fingerprint density at radius 1 is 1.32 bits per heavy atom. The molecule has 0 aliphatic rings. The van der Waals surface area contributed by atoms with E-state index in [1.54, 1.807) is 0 Å². The second-order valence-electron chi connectivity index (χ2n) is 5.40. The standard InChI is InChI=1S/C16H20N4O2/c1-11-4-6-12(7-5-11)15(20(2)3)16(22)17-9-13-8-14(21)19-10-18-13/h4-8,10,15H,9H2,1-3H3,(H,17,22)(H,18,19,21)/t15-/m0/s1. The van der Waals surface area contributed by atoms with Gasteiger partial charge in [0.15, 0.2) is 0 Å². The number of aromatic amines is 1. The quantitative estimate of drug-likeness (QED) is 0.863. The van der Waals surface area contributed by atoms with Crippen LogP contribution in [0, 0.1) is 6.92 Å². The van der Waals surface area contributed by atoms with Crippen LogP contribution < -0.4 is 10.9 Å². The van der Waals surface area contributed by atoms with E-state index in [1.807, 2.05) is 50.2 Å². The molecule has 0 unspecified atom stereocenters. The van der Waals surface area contributed by atoms with Gasteiger partial charge in [0.05, 0.1) is 18.6 Å². The van der Waals surface area contributed by atoms with Crippen LogP contribution in [0.5, 0.6) is 0 Å². The predicted octanol–water partition coefficient (Wildman–Crippen LogP) is 0.997. The summed E-state index contributed by atoms with van der Waals surface area (Å²) in [5, 5.41) is 2.82. The minimum absolute atomic E-state index is 0.129. The monoisotopic (exact) mass is 300 g/mol. The van der Waals surface area contributed by atoms with Gasteiger partial charge in [0.2, 0.25) is 5.91 Å². The lowest BCUT2D eigenvalue weighted by molar-refractivity contribution is -0.126. The van der Waals surface area contributed by atoms with E-state index in [0.29, 0.717) is 5.69 Å². The Hall–Kier alpha value is -2.47. The van der Waals surface area contributed by atoms with E-state index in [0.717, 1.165) is 11.1 Å². The summed E-state index contributed by atoms with van der Waals surface area (Å²) in [6, 6.07) is 8.85. The third kappa shape index (κ3) is 4.02. The van der Waals surface area contributed by atoms with Crippen molar-refractivity contribution in [2.24, 2.45) is 0 Å². The number of amides is 1. The largest absolute Gasteiger partial charge is 0.349 e. The first-order valence-corrected chi connectivity index (χ1v) is 7.01. The highest BCUT2D eigenvalue weighted by atomic mass is 16.2. The van der Waals surface area contributed by atoms with Crippen LogP contribution in [-0.4, -0.2) is 34.9 Å². The number of hydrogen-bond acceptors (Lipinski definition) is 4. The van der Waals surface area contributed by atoms with Gasteiger partial charge in [0.25, 0.3) is 5.56 Å². The Labute approximate surface area is 129 Å². The maximum Gasteiger partial charge on any atom is 0.250 e. The van der Waals surface area contributed by atoms with Crippen molar-refractivity contribution in [3.63, 3.8) is 0 Å². The number of carbonyl (C=O) groups is 1. The molecule has 0 saturated carbocycles. The van der Waals surface area contributed by atoms with Crippen molar-refractivity contribution in [1.82, 2.24) is 20.2 Å². The molecule has 1 aromatic heterocycles. The van der Waals surface area contributed by atoms with Crippen molar-refractivity contribution >= 4 is 5.91 Å². The number of benzene rings is 1. The summed E-state index contributed by atoms with van der Waals surface area (Å²) >= 11 is 0. The SMILES string of the molecule is Cc1ccc([C@@H](C(=O)NCc2cc(=O)[nH]cn2)N(C)C)cc1. The number of nitrogens with one attached hydrogen (secondary N) is 2. The number of H-pyrrole nitrogens is 1. The minimum Gasteiger partial charge on any atom is -0.349 e. The van der Waals surface area contributed by atoms with Crippen molar-refractivity contribution in [2.75, 3.05) is 14.1 Å². The summed E-state index contributed by atoms with van der Waals surface area (Å²) in [5.74, 6) is -0.129. The molecule has 0 fully saturated rings. The van der Waals surface area contributed by atoms with Crippen LogP contribution in [-0.2, 0) is 11.3 Å². The summed E-state index contributed by atoms with van der Waals surface area (Å²) in [5.41, 5.74) is 2.36. The Morgan fingerprint density at radius 3 is 2.59 bits per heavy atom. The second kappa shape index (κ2) is 7.00. The van der Waals surface area contributed by atoms with E-state index in [4.69, 9.17) is 0 Å². The van der Waals surface area contributed by atoms with Gasteiger partial charge in [0, 0.05) is 6.07 Å². The summed E-state index contributed by atoms with van der Waals surface area (Å²) in [6.45, 7) is 2.23. The smallest absolute Gasteiger partial charge is 0.250 e. The predicted molar refractivity (Wildman–Crippen MR) is 84.3 cm³/mol. The highest BCUT2D eigenvalue weighted by Gasteiger charge is 2.22. The molecular weight excluding hydrogens is 280 g/mol. The first-order chi connectivity index (χ1) is 10.5. The Bertz CT molecular complexity index is 692. The molecule has 2 rings (SSSR count). The van der Waals surface area contributed by atoms with Gasteiger partial charge in [-0.2, -0.15) is 0 Å². The van der Waals surface area contributed by atoms with E-state index in [2.05, 4.69) is 15.3 Å². The number of rotatable bonds is 5. The molecule has 1 amide bonds. The van der Waals surface area contributed by atoms with Crippen LogP contribution in [0.2, 0.25) is 0 Å². The first kappa shape index (κ1) is 15.9. The fraction of sp³-hybridized carbons (Fsp3) is 0.312. The molecule has 6 heteroatoms. The van der Waals surface area contributed by atoms with Crippen molar-refractivity contribution in [2.45, 2.75) is 19.5 Å². The molecule has 0 radical (unpaired) electrons. The molecule has 1 atom stereocenters. The third-order valence-electron chi connectivity index (χ3n) is 3.34.